The molecule has 0 N–H and O–H groups in total. The summed E-state index contributed by atoms with van der Waals surface area (Å²) in [7, 11) is -2.32. The van der Waals surface area contributed by atoms with Crippen LogP contribution in [0.25, 0.3) is 0 Å². The summed E-state index contributed by atoms with van der Waals surface area (Å²) >= 11 is 0. The molecule has 0 aromatic heterocycles. The first-order valence-electron chi connectivity index (χ1n) is 3.68. The molecule has 86 valence electrons. The molecule has 0 amide bonds. The Hall–Kier alpha value is -1.19. The molecule has 0 spiro atoms. The highest BCUT2D eigenvalue weighted by molar-refractivity contribution is 7.82. The Balaban J connectivity index is 2.93. The Labute approximate surface area is 85.4 Å². The lowest BCUT2D eigenvalue weighted by molar-refractivity contribution is -0.160. The molecule has 1 heterocycles. The molecule has 2 unspecified atom stereocenters. The Kier molecular flexibility index (Phi) is 3.27. The van der Waals surface area contributed by atoms with Crippen LogP contribution in [0.1, 0.15) is 0 Å². The zero-order valence-corrected chi connectivity index (χ0v) is 8.65. The predicted octanol–water partition coefficient (Wildman–Crippen LogP) is -1.64. The number of hydrogen-bond donors (Lipinski definition) is 0. The van der Waals surface area contributed by atoms with E-state index in [9.17, 15) is 18.0 Å². The fourth-order valence-electron chi connectivity index (χ4n) is 0.936. The molecule has 2 atom stereocenters. The predicted molar refractivity (Wildman–Crippen MR) is 42.7 cm³/mol. The van der Waals surface area contributed by atoms with Crippen LogP contribution in [0.15, 0.2) is 0 Å². The van der Waals surface area contributed by atoms with E-state index < -0.39 is 34.5 Å². The van der Waals surface area contributed by atoms with Gasteiger partial charge in [-0.1, -0.05) is 0 Å². The molecule has 0 saturated carbocycles. The highest BCUT2D eigenvalue weighted by Crippen LogP contribution is 2.22. The van der Waals surface area contributed by atoms with Crippen molar-refractivity contribution in [3.8, 4) is 0 Å². The lowest BCUT2D eigenvalue weighted by atomic mass is 10.2. The smallest absolute Gasteiger partial charge is 0.401 e. The molecule has 1 aliphatic heterocycles. The zero-order chi connectivity index (χ0) is 11.6. The van der Waals surface area contributed by atoms with Crippen molar-refractivity contribution in [2.75, 3.05) is 14.2 Å². The van der Waals surface area contributed by atoms with E-state index in [1.807, 2.05) is 0 Å². The van der Waals surface area contributed by atoms with Crippen LogP contribution in [0.4, 0.5) is 0 Å². The average Bonchev–Trinajstić information content (AvgIpc) is 2.52. The highest BCUT2D eigenvalue weighted by atomic mass is 32.3. The monoisotopic (exact) mass is 240 g/mol. The highest BCUT2D eigenvalue weighted by Gasteiger charge is 2.50. The van der Waals surface area contributed by atoms with Gasteiger partial charge in [-0.25, -0.2) is 18.0 Å². The van der Waals surface area contributed by atoms with Gasteiger partial charge in [0.15, 0.2) is 0 Å². The van der Waals surface area contributed by atoms with E-state index in [2.05, 4.69) is 17.8 Å². The van der Waals surface area contributed by atoms with Crippen LogP contribution in [0, 0.1) is 0 Å². The number of ether oxygens (including phenoxy) is 2. The van der Waals surface area contributed by atoms with E-state index in [1.165, 1.54) is 0 Å². The van der Waals surface area contributed by atoms with Crippen LogP contribution in [0.3, 0.4) is 0 Å². The molecule has 1 rings (SSSR count). The van der Waals surface area contributed by atoms with Crippen LogP contribution in [-0.2, 0) is 37.8 Å². The van der Waals surface area contributed by atoms with Crippen LogP contribution >= 0.6 is 0 Å². The maximum Gasteiger partial charge on any atom is 0.401 e. The Morgan fingerprint density at radius 1 is 1.00 bits per heavy atom. The number of methoxy groups -OCH3 is 2. The van der Waals surface area contributed by atoms with Crippen molar-refractivity contribution in [3.63, 3.8) is 0 Å². The van der Waals surface area contributed by atoms with Crippen LogP contribution < -0.4 is 0 Å². The number of esters is 2. The van der Waals surface area contributed by atoms with E-state index in [0.29, 0.717) is 0 Å². The molecule has 0 aromatic rings. The first kappa shape index (κ1) is 11.9. The van der Waals surface area contributed by atoms with Crippen LogP contribution in [0.5, 0.6) is 0 Å². The van der Waals surface area contributed by atoms with Gasteiger partial charge in [-0.05, 0) is 0 Å². The zero-order valence-electron chi connectivity index (χ0n) is 7.83. The normalized spacial score (nSPS) is 28.4. The molecule has 1 aliphatic rings. The Morgan fingerprint density at radius 3 is 1.60 bits per heavy atom. The topological polar surface area (TPSA) is 105 Å². The lowest BCUT2D eigenvalue weighted by Gasteiger charge is -2.09. The largest absolute Gasteiger partial charge is 0.467 e. The molecule has 0 aromatic carbocycles. The molecule has 0 radical (unpaired) electrons. The van der Waals surface area contributed by atoms with Gasteiger partial charge in [-0.2, -0.15) is 8.42 Å². The molecule has 1 fully saturated rings. The number of carbonyl (C=O) groups is 2. The Morgan fingerprint density at radius 2 is 1.33 bits per heavy atom. The Bertz CT molecular complexity index is 341. The second-order valence-corrected chi connectivity index (χ2v) is 3.69. The third-order valence-electron chi connectivity index (χ3n) is 1.58. The van der Waals surface area contributed by atoms with Crippen molar-refractivity contribution >= 4 is 22.3 Å². The van der Waals surface area contributed by atoms with Gasteiger partial charge >= 0.3 is 22.3 Å². The minimum Gasteiger partial charge on any atom is -0.467 e. The first-order valence-corrected chi connectivity index (χ1v) is 5.02. The molecule has 9 heteroatoms. The molecule has 1 saturated heterocycles. The summed E-state index contributed by atoms with van der Waals surface area (Å²) in [6.07, 6.45) is -3.32. The van der Waals surface area contributed by atoms with Crippen LogP contribution in [0.2, 0.25) is 0 Å². The van der Waals surface area contributed by atoms with Gasteiger partial charge in [0.1, 0.15) is 0 Å². The maximum atomic E-state index is 11.0. The third kappa shape index (κ3) is 2.43. The first-order chi connectivity index (χ1) is 6.91. The summed E-state index contributed by atoms with van der Waals surface area (Å²) in [4.78, 5) is 22.1. The van der Waals surface area contributed by atoms with Crippen LogP contribution in [-0.4, -0.2) is 46.8 Å². The van der Waals surface area contributed by atoms with Gasteiger partial charge < -0.3 is 9.47 Å². The van der Waals surface area contributed by atoms with Gasteiger partial charge in [0.25, 0.3) is 0 Å². The number of hydrogen-bond acceptors (Lipinski definition) is 8. The average molecular weight is 240 g/mol. The third-order valence-corrected chi connectivity index (χ3v) is 2.47. The van der Waals surface area contributed by atoms with E-state index in [4.69, 9.17) is 0 Å². The molecule has 8 nitrogen and oxygen atoms in total. The summed E-state index contributed by atoms with van der Waals surface area (Å²) in [6.45, 7) is 0. The van der Waals surface area contributed by atoms with Crippen molar-refractivity contribution in [3.05, 3.63) is 0 Å². The molecule has 0 aliphatic carbocycles. The molecular weight excluding hydrogens is 232 g/mol. The van der Waals surface area contributed by atoms with Gasteiger partial charge in [-0.3, -0.25) is 0 Å². The fourth-order valence-corrected chi connectivity index (χ4v) is 1.85. The molecular formula is C6H8O8S. The van der Waals surface area contributed by atoms with E-state index in [0.717, 1.165) is 14.2 Å². The van der Waals surface area contributed by atoms with Crippen molar-refractivity contribution in [2.45, 2.75) is 12.2 Å². The summed E-state index contributed by atoms with van der Waals surface area (Å²) in [5, 5.41) is 0. The van der Waals surface area contributed by atoms with Gasteiger partial charge in [0.05, 0.1) is 14.2 Å². The maximum absolute atomic E-state index is 11.0. The fraction of sp³-hybridized carbons (Fsp3) is 0.667. The minimum atomic E-state index is -4.36. The summed E-state index contributed by atoms with van der Waals surface area (Å²) in [5.74, 6) is -2.07. The van der Waals surface area contributed by atoms with Crippen molar-refractivity contribution in [1.29, 1.82) is 0 Å². The SMILES string of the molecule is COC(=O)C1OS(=O)(=O)OC1C(=O)OC. The molecule has 0 bridgehead atoms. The van der Waals surface area contributed by atoms with E-state index in [1.54, 1.807) is 0 Å². The second kappa shape index (κ2) is 4.13. The lowest BCUT2D eigenvalue weighted by Crippen LogP contribution is -2.38. The van der Waals surface area contributed by atoms with Gasteiger partial charge in [0.2, 0.25) is 12.2 Å². The minimum absolute atomic E-state index is 1.02. The van der Waals surface area contributed by atoms with E-state index >= 15 is 0 Å². The van der Waals surface area contributed by atoms with Crippen molar-refractivity contribution in [2.24, 2.45) is 0 Å². The van der Waals surface area contributed by atoms with Gasteiger partial charge in [0, 0.05) is 0 Å². The standard InChI is InChI=1S/C6H8O8S/c1-11-5(7)3-4(6(8)12-2)14-15(9,10)13-3/h3-4H,1-2H3. The summed E-state index contributed by atoms with van der Waals surface area (Å²) in [5.41, 5.74) is 0. The number of rotatable bonds is 2. The second-order valence-electron chi connectivity index (χ2n) is 2.49. The van der Waals surface area contributed by atoms with E-state index in [-0.39, 0.29) is 0 Å². The van der Waals surface area contributed by atoms with Crippen molar-refractivity contribution in [1.82, 2.24) is 0 Å². The molecule has 15 heavy (non-hydrogen) atoms. The van der Waals surface area contributed by atoms with Gasteiger partial charge in [-0.15, -0.1) is 0 Å². The summed E-state index contributed by atoms with van der Waals surface area (Å²) < 4.78 is 38.6. The summed E-state index contributed by atoms with van der Waals surface area (Å²) in [6, 6.07) is 0. The van der Waals surface area contributed by atoms with Crippen molar-refractivity contribution < 1.29 is 35.8 Å². The number of carbonyl (C=O) groups excluding carboxylic acids is 2. The quantitative estimate of drug-likeness (QED) is 0.529.